The molecule has 0 saturated carbocycles. The van der Waals surface area contributed by atoms with Crippen LogP contribution < -0.4 is 0 Å². The average molecular weight is 593 g/mol. The number of hydrogen-bond acceptors (Lipinski definition) is 6. The standard InChI is InChI=1S/C25H44N4S6/c1-7-26-16-20(30)28(22(26)32)18-24(3,4)10-14-34-12-9-13-35-15-11-25(5,6)19-29-21(31)17-27(8-2)23(29)33/h16-17,30-31H,7-15,18-19H2,1-6H3. The number of thioether (sulfide) groups is 2. The molecule has 10 heteroatoms. The van der Waals surface area contributed by atoms with E-state index in [0.717, 1.165) is 45.8 Å². The SMILES string of the molecule is CCn1cc(S)n(CC(C)(C)CCSCCCSCCC(C)(C)Cn2c(S)cn(CC)c2=S)c1=S. The summed E-state index contributed by atoms with van der Waals surface area (Å²) >= 11 is 24.7. The molecule has 200 valence electrons. The summed E-state index contributed by atoms with van der Waals surface area (Å²) in [4.78, 5) is 0. The molecule has 0 radical (unpaired) electrons. The van der Waals surface area contributed by atoms with Gasteiger partial charge in [0.25, 0.3) is 0 Å². The van der Waals surface area contributed by atoms with E-state index in [0.29, 0.717) is 0 Å². The molecule has 4 nitrogen and oxygen atoms in total. The molecule has 0 fully saturated rings. The van der Waals surface area contributed by atoms with Gasteiger partial charge >= 0.3 is 0 Å². The van der Waals surface area contributed by atoms with E-state index >= 15 is 0 Å². The highest BCUT2D eigenvalue weighted by molar-refractivity contribution is 8.00. The summed E-state index contributed by atoms with van der Waals surface area (Å²) in [6.45, 7) is 17.2. The minimum atomic E-state index is 0.205. The van der Waals surface area contributed by atoms with Gasteiger partial charge in [0, 0.05) is 38.6 Å². The molecule has 0 spiro atoms. The van der Waals surface area contributed by atoms with Crippen LogP contribution in [0.15, 0.2) is 22.4 Å². The lowest BCUT2D eigenvalue weighted by Gasteiger charge is -2.26. The minimum Gasteiger partial charge on any atom is -0.323 e. The monoisotopic (exact) mass is 592 g/mol. The molecular formula is C25H44N4S6. The summed E-state index contributed by atoms with van der Waals surface area (Å²) in [7, 11) is 0. The molecule has 2 aromatic rings. The Morgan fingerprint density at radius 1 is 0.714 bits per heavy atom. The second kappa shape index (κ2) is 14.4. The lowest BCUT2D eigenvalue weighted by atomic mass is 9.90. The molecule has 0 N–H and O–H groups in total. The third-order valence-electron chi connectivity index (χ3n) is 6.33. The summed E-state index contributed by atoms with van der Waals surface area (Å²) in [5.41, 5.74) is 0.410. The Hall–Kier alpha value is 0.260. The van der Waals surface area contributed by atoms with E-state index in [9.17, 15) is 0 Å². The van der Waals surface area contributed by atoms with E-state index in [1.807, 2.05) is 12.4 Å². The molecule has 0 unspecified atom stereocenters. The molecule has 0 amide bonds. The van der Waals surface area contributed by atoms with Crippen LogP contribution in [-0.4, -0.2) is 41.3 Å². The fourth-order valence-electron chi connectivity index (χ4n) is 3.96. The van der Waals surface area contributed by atoms with Gasteiger partial charge in [-0.3, -0.25) is 0 Å². The van der Waals surface area contributed by atoms with Gasteiger partial charge < -0.3 is 18.3 Å². The van der Waals surface area contributed by atoms with E-state index in [1.54, 1.807) is 0 Å². The van der Waals surface area contributed by atoms with Gasteiger partial charge in [-0.15, -0.1) is 25.3 Å². The van der Waals surface area contributed by atoms with Gasteiger partial charge in [0.15, 0.2) is 9.54 Å². The second-order valence-electron chi connectivity index (χ2n) is 10.7. The normalized spacial score (nSPS) is 12.6. The van der Waals surface area contributed by atoms with Crippen molar-refractivity contribution in [2.75, 3.05) is 23.0 Å². The first-order valence-electron chi connectivity index (χ1n) is 12.5. The quantitative estimate of drug-likeness (QED) is 0.116. The molecule has 0 aliphatic heterocycles. The zero-order chi connectivity index (χ0) is 26.2. The maximum atomic E-state index is 5.62. The Bertz CT molecular complexity index is 961. The largest absolute Gasteiger partial charge is 0.323 e. The van der Waals surface area contributed by atoms with E-state index in [2.05, 4.69) is 109 Å². The maximum absolute atomic E-state index is 5.62. The number of aromatic nitrogens is 4. The van der Waals surface area contributed by atoms with Crippen molar-refractivity contribution in [3.05, 3.63) is 21.9 Å². The summed E-state index contributed by atoms with van der Waals surface area (Å²) in [5.74, 6) is 4.86. The molecule has 0 bridgehead atoms. The van der Waals surface area contributed by atoms with Crippen LogP contribution in [-0.2, 0) is 26.2 Å². The smallest absolute Gasteiger partial charge is 0.180 e. The van der Waals surface area contributed by atoms with Crippen LogP contribution in [0.5, 0.6) is 0 Å². The number of rotatable bonds is 16. The fraction of sp³-hybridized carbons (Fsp3) is 0.760. The second-order valence-corrected chi connectivity index (χ2v) is 14.8. The van der Waals surface area contributed by atoms with E-state index in [4.69, 9.17) is 24.4 Å². The molecule has 0 saturated heterocycles. The van der Waals surface area contributed by atoms with Crippen molar-refractivity contribution in [1.82, 2.24) is 18.3 Å². The first-order valence-corrected chi connectivity index (χ1v) is 16.6. The first kappa shape index (κ1) is 31.5. The first-order chi connectivity index (χ1) is 16.4. The Morgan fingerprint density at radius 2 is 1.09 bits per heavy atom. The van der Waals surface area contributed by atoms with Gasteiger partial charge in [-0.05, 0) is 91.4 Å². The number of thiol groups is 2. The zero-order valence-electron chi connectivity index (χ0n) is 22.2. The number of hydrogen-bond donors (Lipinski definition) is 2. The highest BCUT2D eigenvalue weighted by Gasteiger charge is 2.22. The third-order valence-corrected chi connectivity index (χ3v) is 10.1. The average Bonchev–Trinajstić information content (AvgIpc) is 3.21. The molecular weight excluding hydrogens is 549 g/mol. The van der Waals surface area contributed by atoms with Crippen LogP contribution >= 0.6 is 73.2 Å². The molecule has 2 aromatic heterocycles. The number of aryl methyl sites for hydroxylation is 2. The zero-order valence-corrected chi connectivity index (χ0v) is 27.3. The lowest BCUT2D eigenvalue weighted by molar-refractivity contribution is 0.286. The van der Waals surface area contributed by atoms with Crippen LogP contribution in [0.2, 0.25) is 0 Å². The van der Waals surface area contributed by atoms with Crippen molar-refractivity contribution in [2.24, 2.45) is 10.8 Å². The van der Waals surface area contributed by atoms with Crippen molar-refractivity contribution >= 4 is 73.2 Å². The van der Waals surface area contributed by atoms with Crippen LogP contribution in [0.3, 0.4) is 0 Å². The molecule has 2 rings (SSSR count). The Balaban J connectivity index is 1.62. The molecule has 0 aliphatic carbocycles. The van der Waals surface area contributed by atoms with Gasteiger partial charge in [0.1, 0.15) is 0 Å². The van der Waals surface area contributed by atoms with Crippen molar-refractivity contribution in [2.45, 2.75) is 97.0 Å². The molecule has 0 aromatic carbocycles. The van der Waals surface area contributed by atoms with Crippen LogP contribution in [0.1, 0.15) is 60.8 Å². The molecule has 0 atom stereocenters. The van der Waals surface area contributed by atoms with Gasteiger partial charge in [-0.1, -0.05) is 27.7 Å². The fourth-order valence-corrected chi connectivity index (χ4v) is 8.08. The van der Waals surface area contributed by atoms with E-state index < -0.39 is 0 Å². The van der Waals surface area contributed by atoms with Gasteiger partial charge in [-0.25, -0.2) is 0 Å². The van der Waals surface area contributed by atoms with Crippen LogP contribution in [0, 0.1) is 20.4 Å². The lowest BCUT2D eigenvalue weighted by Crippen LogP contribution is -2.21. The summed E-state index contributed by atoms with van der Waals surface area (Å²) in [5, 5.41) is 1.93. The Kier molecular flexibility index (Phi) is 13.0. The Labute approximate surface area is 242 Å². The number of imidazole rings is 2. The van der Waals surface area contributed by atoms with Crippen molar-refractivity contribution in [1.29, 1.82) is 0 Å². The summed E-state index contributed by atoms with van der Waals surface area (Å²) in [6, 6.07) is 0. The summed E-state index contributed by atoms with van der Waals surface area (Å²) in [6.07, 6.45) is 7.73. The molecule has 2 heterocycles. The maximum Gasteiger partial charge on any atom is 0.180 e. The minimum absolute atomic E-state index is 0.205. The highest BCUT2D eigenvalue weighted by atomic mass is 32.2. The summed E-state index contributed by atoms with van der Waals surface area (Å²) < 4.78 is 10.3. The van der Waals surface area contributed by atoms with E-state index in [1.165, 1.54) is 42.3 Å². The Morgan fingerprint density at radius 3 is 1.40 bits per heavy atom. The van der Waals surface area contributed by atoms with Crippen LogP contribution in [0.4, 0.5) is 0 Å². The van der Waals surface area contributed by atoms with Crippen molar-refractivity contribution in [3.63, 3.8) is 0 Å². The van der Waals surface area contributed by atoms with E-state index in [-0.39, 0.29) is 10.8 Å². The topological polar surface area (TPSA) is 19.7 Å². The van der Waals surface area contributed by atoms with Gasteiger partial charge in [-0.2, -0.15) is 23.5 Å². The van der Waals surface area contributed by atoms with Crippen LogP contribution in [0.25, 0.3) is 0 Å². The van der Waals surface area contributed by atoms with Crippen molar-refractivity contribution < 1.29 is 0 Å². The predicted octanol–water partition coefficient (Wildman–Crippen LogP) is 8.36. The van der Waals surface area contributed by atoms with Crippen molar-refractivity contribution in [3.8, 4) is 0 Å². The molecule has 35 heavy (non-hydrogen) atoms. The van der Waals surface area contributed by atoms with Gasteiger partial charge in [0.05, 0.1) is 10.1 Å². The van der Waals surface area contributed by atoms with Gasteiger partial charge in [0.2, 0.25) is 0 Å². The third kappa shape index (κ3) is 9.82. The highest BCUT2D eigenvalue weighted by Crippen LogP contribution is 2.29. The molecule has 0 aliphatic rings. The number of nitrogens with zero attached hydrogens (tertiary/aromatic N) is 4. The predicted molar refractivity (Wildman–Crippen MR) is 168 cm³/mol.